The number of carbonyl (C=O) groups is 1. The van der Waals surface area contributed by atoms with Crippen LogP contribution in [0.1, 0.15) is 18.7 Å². The number of amides is 1. The van der Waals surface area contributed by atoms with Crippen molar-refractivity contribution in [3.8, 4) is 0 Å². The molecule has 2 aromatic heterocycles. The number of carbonyl (C=O) groups excluding carboxylic acids is 1. The maximum atomic E-state index is 11.7. The summed E-state index contributed by atoms with van der Waals surface area (Å²) in [5.74, 6) is -0.0695. The summed E-state index contributed by atoms with van der Waals surface area (Å²) in [6.07, 6.45) is 1.65. The highest BCUT2D eigenvalue weighted by Gasteiger charge is 2.33. The molecular weight excluding hydrogens is 246 g/mol. The summed E-state index contributed by atoms with van der Waals surface area (Å²) in [5, 5.41) is 14.3. The van der Waals surface area contributed by atoms with Crippen LogP contribution in [0, 0.1) is 0 Å². The molecule has 3 rings (SSSR count). The smallest absolute Gasteiger partial charge is 0.248 e. The van der Waals surface area contributed by atoms with Crippen molar-refractivity contribution in [3.63, 3.8) is 0 Å². The predicted molar refractivity (Wildman–Crippen MR) is 65.7 cm³/mol. The van der Waals surface area contributed by atoms with Crippen molar-refractivity contribution in [2.45, 2.75) is 13.0 Å². The van der Waals surface area contributed by atoms with E-state index < -0.39 is 11.9 Å². The monoisotopic (exact) mass is 257 g/mol. The Morgan fingerprint density at radius 3 is 3.00 bits per heavy atom. The van der Waals surface area contributed by atoms with E-state index in [1.807, 2.05) is 6.07 Å². The number of nitrogens with two attached hydrogens (primary N) is 1. The lowest BCUT2D eigenvalue weighted by Crippen LogP contribution is -2.32. The third-order valence-corrected chi connectivity index (χ3v) is 2.95. The van der Waals surface area contributed by atoms with Crippen LogP contribution in [-0.2, 0) is 4.79 Å². The van der Waals surface area contributed by atoms with Gasteiger partial charge >= 0.3 is 0 Å². The van der Waals surface area contributed by atoms with E-state index in [9.17, 15) is 4.79 Å². The minimum atomic E-state index is -0.526. The molecule has 8 heteroatoms. The minimum absolute atomic E-state index is 0.401. The Bertz CT molecular complexity index is 661. The number of hydrogen-bond donors (Lipinski definition) is 2. The van der Waals surface area contributed by atoms with Crippen LogP contribution in [0.25, 0.3) is 0 Å². The van der Waals surface area contributed by atoms with Gasteiger partial charge in [-0.15, -0.1) is 0 Å². The van der Waals surface area contributed by atoms with Gasteiger partial charge in [0, 0.05) is 11.9 Å². The molecular formula is C11H11N7O. The number of hydrogen-bond acceptors (Lipinski definition) is 6. The molecule has 19 heavy (non-hydrogen) atoms. The van der Waals surface area contributed by atoms with Crippen molar-refractivity contribution in [1.82, 2.24) is 25.2 Å². The van der Waals surface area contributed by atoms with Crippen molar-refractivity contribution >= 4 is 11.9 Å². The number of nitrogens with one attached hydrogen (secondary N) is 1. The summed E-state index contributed by atoms with van der Waals surface area (Å²) in [6.45, 7) is 1.76. The third kappa shape index (κ3) is 1.73. The number of rotatable bonds is 2. The van der Waals surface area contributed by atoms with E-state index in [4.69, 9.17) is 5.73 Å². The zero-order chi connectivity index (χ0) is 13.4. The van der Waals surface area contributed by atoms with Gasteiger partial charge in [-0.1, -0.05) is 11.2 Å². The van der Waals surface area contributed by atoms with Gasteiger partial charge in [-0.25, -0.2) is 0 Å². The van der Waals surface area contributed by atoms with E-state index in [1.165, 1.54) is 4.68 Å². The molecule has 0 fully saturated rings. The first-order chi connectivity index (χ1) is 9.18. The molecule has 0 saturated carbocycles. The van der Waals surface area contributed by atoms with Gasteiger partial charge in [-0.3, -0.25) is 9.78 Å². The quantitative estimate of drug-likeness (QED) is 0.773. The summed E-state index contributed by atoms with van der Waals surface area (Å²) in [6, 6.07) is 4.93. The number of aromatic nitrogens is 5. The molecule has 2 aromatic rings. The summed E-state index contributed by atoms with van der Waals surface area (Å²) < 4.78 is 1.50. The first kappa shape index (κ1) is 11.3. The van der Waals surface area contributed by atoms with Gasteiger partial charge in [0.05, 0.1) is 11.3 Å². The Kier molecular flexibility index (Phi) is 2.48. The lowest BCUT2D eigenvalue weighted by Gasteiger charge is -2.25. The lowest BCUT2D eigenvalue weighted by atomic mass is 9.99. The molecule has 3 N–H and O–H groups in total. The number of anilines is 1. The predicted octanol–water partition coefficient (Wildman–Crippen LogP) is -0.158. The Morgan fingerprint density at radius 1 is 1.47 bits per heavy atom. The number of primary amides is 1. The summed E-state index contributed by atoms with van der Waals surface area (Å²) in [7, 11) is 0. The molecule has 0 aliphatic carbocycles. The lowest BCUT2D eigenvalue weighted by molar-refractivity contribution is -0.115. The Morgan fingerprint density at radius 2 is 2.32 bits per heavy atom. The minimum Gasteiger partial charge on any atom is -0.366 e. The topological polar surface area (TPSA) is 112 Å². The van der Waals surface area contributed by atoms with Crippen molar-refractivity contribution in [1.29, 1.82) is 0 Å². The van der Waals surface area contributed by atoms with Gasteiger partial charge in [0.2, 0.25) is 11.9 Å². The molecule has 1 amide bonds. The van der Waals surface area contributed by atoms with Crippen LogP contribution >= 0.6 is 0 Å². The molecule has 1 aliphatic heterocycles. The number of fused-ring (bicyclic) bond motifs is 1. The van der Waals surface area contributed by atoms with Crippen LogP contribution in [0.3, 0.4) is 0 Å². The maximum absolute atomic E-state index is 11.7. The van der Waals surface area contributed by atoms with Crippen LogP contribution in [-0.4, -0.2) is 31.1 Å². The van der Waals surface area contributed by atoms with Gasteiger partial charge < -0.3 is 11.1 Å². The number of nitrogens with zero attached hydrogens (tertiary/aromatic N) is 5. The largest absolute Gasteiger partial charge is 0.366 e. The number of pyridine rings is 1. The van der Waals surface area contributed by atoms with Gasteiger partial charge in [-0.2, -0.15) is 4.68 Å². The average Bonchev–Trinajstić information content (AvgIpc) is 2.85. The zero-order valence-corrected chi connectivity index (χ0v) is 10.1. The molecule has 1 unspecified atom stereocenters. The average molecular weight is 257 g/mol. The van der Waals surface area contributed by atoms with Crippen molar-refractivity contribution in [2.24, 2.45) is 5.73 Å². The highest BCUT2D eigenvalue weighted by molar-refractivity contribution is 5.95. The summed E-state index contributed by atoms with van der Waals surface area (Å²) in [4.78, 5) is 16.0. The highest BCUT2D eigenvalue weighted by atomic mass is 16.1. The van der Waals surface area contributed by atoms with E-state index in [0.29, 0.717) is 22.9 Å². The van der Waals surface area contributed by atoms with Crippen LogP contribution in [0.2, 0.25) is 0 Å². The number of allylic oxidation sites excluding steroid dienone is 1. The molecule has 0 spiro atoms. The Balaban J connectivity index is 2.21. The second-order valence-electron chi connectivity index (χ2n) is 4.13. The van der Waals surface area contributed by atoms with Crippen LogP contribution in [0.4, 0.5) is 5.95 Å². The highest BCUT2D eigenvalue weighted by Crippen LogP contribution is 2.32. The first-order valence-electron chi connectivity index (χ1n) is 5.65. The van der Waals surface area contributed by atoms with E-state index in [-0.39, 0.29) is 0 Å². The van der Waals surface area contributed by atoms with E-state index in [1.54, 1.807) is 25.3 Å². The molecule has 96 valence electrons. The summed E-state index contributed by atoms with van der Waals surface area (Å²) >= 11 is 0. The fraction of sp³-hybridized carbons (Fsp3) is 0.182. The Hall–Kier alpha value is -2.77. The first-order valence-corrected chi connectivity index (χ1v) is 5.65. The Labute approximate surface area is 108 Å². The molecule has 8 nitrogen and oxygen atoms in total. The normalized spacial score (nSPS) is 17.8. The standard InChI is InChI=1S/C11H11N7O/c1-6-8(10(12)19)9(7-4-2-3-5-13-7)18-11(14-6)15-16-17-18/h2-5,9H,1H3,(H2,12,19)(H,14,15,17). The zero-order valence-electron chi connectivity index (χ0n) is 10.1. The van der Waals surface area contributed by atoms with E-state index >= 15 is 0 Å². The van der Waals surface area contributed by atoms with Crippen molar-refractivity contribution in [3.05, 3.63) is 41.4 Å². The fourth-order valence-electron chi connectivity index (χ4n) is 2.14. The van der Waals surface area contributed by atoms with Gasteiger partial charge in [0.15, 0.2) is 0 Å². The molecule has 0 saturated heterocycles. The molecule has 0 aromatic carbocycles. The van der Waals surface area contributed by atoms with Gasteiger partial charge in [0.1, 0.15) is 6.04 Å². The van der Waals surface area contributed by atoms with Gasteiger partial charge in [-0.05, 0) is 29.5 Å². The van der Waals surface area contributed by atoms with E-state index in [2.05, 4.69) is 25.8 Å². The second-order valence-corrected chi connectivity index (χ2v) is 4.13. The third-order valence-electron chi connectivity index (χ3n) is 2.95. The van der Waals surface area contributed by atoms with E-state index in [0.717, 1.165) is 0 Å². The van der Waals surface area contributed by atoms with Crippen LogP contribution in [0.5, 0.6) is 0 Å². The second kappa shape index (κ2) is 4.16. The molecule has 3 heterocycles. The summed E-state index contributed by atoms with van der Waals surface area (Å²) in [5.41, 5.74) is 7.15. The maximum Gasteiger partial charge on any atom is 0.248 e. The molecule has 1 atom stereocenters. The fourth-order valence-corrected chi connectivity index (χ4v) is 2.14. The van der Waals surface area contributed by atoms with Crippen molar-refractivity contribution < 1.29 is 4.79 Å². The van der Waals surface area contributed by atoms with Crippen LogP contribution in [0.15, 0.2) is 35.7 Å². The molecule has 0 radical (unpaired) electrons. The van der Waals surface area contributed by atoms with Gasteiger partial charge in [0.25, 0.3) is 0 Å². The molecule has 1 aliphatic rings. The number of tetrazole rings is 1. The SMILES string of the molecule is CC1=C(C(N)=O)C(c2ccccn2)n2nnnc2N1. The van der Waals surface area contributed by atoms with Crippen LogP contribution < -0.4 is 11.1 Å². The molecule has 0 bridgehead atoms. The van der Waals surface area contributed by atoms with Crippen molar-refractivity contribution in [2.75, 3.05) is 5.32 Å².